The summed E-state index contributed by atoms with van der Waals surface area (Å²) in [5.41, 5.74) is 0. The van der Waals surface area contributed by atoms with E-state index >= 15 is 0 Å². The molecule has 0 aromatic rings. The summed E-state index contributed by atoms with van der Waals surface area (Å²) in [6, 6.07) is -0.844. The normalized spacial score (nSPS) is 14.6. The second-order valence-electron chi connectivity index (χ2n) is 3.65. The number of halogens is 3. The van der Waals surface area contributed by atoms with E-state index in [0.717, 1.165) is 0 Å². The average Bonchev–Trinajstić information content (AvgIpc) is 1.96. The average molecular weight is 277 g/mol. The summed E-state index contributed by atoms with van der Waals surface area (Å²) in [7, 11) is -3.86. The van der Waals surface area contributed by atoms with Gasteiger partial charge in [0.25, 0.3) is 0 Å². The highest BCUT2D eigenvalue weighted by Gasteiger charge is 2.27. The fourth-order valence-corrected chi connectivity index (χ4v) is 2.47. The van der Waals surface area contributed by atoms with Gasteiger partial charge in [0.1, 0.15) is 0 Å². The van der Waals surface area contributed by atoms with Crippen molar-refractivity contribution < 1.29 is 31.5 Å². The fraction of sp³-hybridized carbons (Fsp3) is 0.875. The minimum Gasteiger partial charge on any atom is -0.481 e. The zero-order valence-corrected chi connectivity index (χ0v) is 9.94. The number of nitrogens with one attached hydrogen (secondary N) is 1. The van der Waals surface area contributed by atoms with Crippen LogP contribution in [0, 0.1) is 0 Å². The lowest BCUT2D eigenvalue weighted by Crippen LogP contribution is -2.36. The molecule has 0 aromatic heterocycles. The van der Waals surface area contributed by atoms with Crippen LogP contribution in [-0.4, -0.2) is 37.5 Å². The molecule has 0 spiro atoms. The zero-order chi connectivity index (χ0) is 13.7. The van der Waals surface area contributed by atoms with Crippen molar-refractivity contribution in [1.82, 2.24) is 4.72 Å². The minimum absolute atomic E-state index is 0.418. The number of hydrogen-bond donors (Lipinski definition) is 2. The van der Waals surface area contributed by atoms with Crippen molar-refractivity contribution in [1.29, 1.82) is 0 Å². The molecule has 0 aliphatic heterocycles. The first-order valence-corrected chi connectivity index (χ1v) is 6.45. The third kappa shape index (κ3) is 10.1. The Kier molecular flexibility index (Phi) is 5.89. The van der Waals surface area contributed by atoms with Crippen LogP contribution in [0.4, 0.5) is 13.2 Å². The Balaban J connectivity index is 4.08. The first-order chi connectivity index (χ1) is 7.52. The molecule has 0 aliphatic carbocycles. The van der Waals surface area contributed by atoms with Crippen molar-refractivity contribution in [3.8, 4) is 0 Å². The van der Waals surface area contributed by atoms with Gasteiger partial charge in [0.2, 0.25) is 10.0 Å². The van der Waals surface area contributed by atoms with Gasteiger partial charge < -0.3 is 5.11 Å². The van der Waals surface area contributed by atoms with Crippen LogP contribution < -0.4 is 4.72 Å². The third-order valence-corrected chi connectivity index (χ3v) is 3.32. The molecule has 0 aliphatic rings. The van der Waals surface area contributed by atoms with E-state index in [1.165, 1.54) is 6.92 Å². The second kappa shape index (κ2) is 6.20. The lowest BCUT2D eigenvalue weighted by molar-refractivity contribution is -0.137. The topological polar surface area (TPSA) is 83.5 Å². The maximum atomic E-state index is 11.8. The Bertz CT molecular complexity index is 352. The molecular formula is C8H14F3NO4S. The zero-order valence-electron chi connectivity index (χ0n) is 9.12. The molecule has 0 heterocycles. The first-order valence-electron chi connectivity index (χ1n) is 4.80. The van der Waals surface area contributed by atoms with E-state index in [0.29, 0.717) is 0 Å². The SMILES string of the molecule is CC(CC(=O)O)NS(=O)(=O)CCCC(F)(F)F. The third-order valence-electron chi connectivity index (χ3n) is 1.73. The molecule has 17 heavy (non-hydrogen) atoms. The van der Waals surface area contributed by atoms with Crippen molar-refractivity contribution in [3.63, 3.8) is 0 Å². The second-order valence-corrected chi connectivity index (χ2v) is 5.53. The molecule has 0 bridgehead atoms. The predicted octanol–water partition coefficient (Wildman–Crippen LogP) is 1.11. The maximum Gasteiger partial charge on any atom is 0.389 e. The number of sulfonamides is 1. The molecule has 9 heteroatoms. The van der Waals surface area contributed by atoms with E-state index in [-0.39, 0.29) is 0 Å². The maximum absolute atomic E-state index is 11.8. The minimum atomic E-state index is -4.39. The Hall–Kier alpha value is -0.830. The number of carboxylic acids is 1. The van der Waals surface area contributed by atoms with Gasteiger partial charge >= 0.3 is 12.1 Å². The summed E-state index contributed by atoms with van der Waals surface area (Å²) < 4.78 is 59.8. The fourth-order valence-electron chi connectivity index (χ4n) is 1.13. The van der Waals surface area contributed by atoms with E-state index < -0.39 is 53.2 Å². The number of rotatable bonds is 7. The summed E-state index contributed by atoms with van der Waals surface area (Å²) in [5, 5.41) is 8.38. The van der Waals surface area contributed by atoms with Crippen LogP contribution in [0.3, 0.4) is 0 Å². The highest BCUT2D eigenvalue weighted by molar-refractivity contribution is 7.89. The smallest absolute Gasteiger partial charge is 0.389 e. The van der Waals surface area contributed by atoms with Crippen LogP contribution in [0.2, 0.25) is 0 Å². The van der Waals surface area contributed by atoms with Crippen molar-refractivity contribution in [2.75, 3.05) is 5.75 Å². The highest BCUT2D eigenvalue weighted by atomic mass is 32.2. The number of carbonyl (C=O) groups is 1. The summed E-state index contributed by atoms with van der Waals surface area (Å²) in [4.78, 5) is 10.3. The number of hydrogen-bond acceptors (Lipinski definition) is 3. The summed E-state index contributed by atoms with van der Waals surface area (Å²) in [6.45, 7) is 1.33. The largest absolute Gasteiger partial charge is 0.481 e. The molecule has 102 valence electrons. The molecule has 5 nitrogen and oxygen atoms in total. The molecule has 0 aromatic carbocycles. The van der Waals surface area contributed by atoms with Gasteiger partial charge in [0, 0.05) is 12.5 Å². The van der Waals surface area contributed by atoms with E-state index in [1.807, 2.05) is 4.72 Å². The molecule has 0 rings (SSSR count). The van der Waals surface area contributed by atoms with Crippen molar-refractivity contribution in [2.45, 2.75) is 38.4 Å². The number of carboxylic acid groups (broad SMARTS) is 1. The Labute approximate surface area is 97.1 Å². The molecule has 1 unspecified atom stereocenters. The number of aliphatic carboxylic acids is 1. The van der Waals surface area contributed by atoms with E-state index in [1.54, 1.807) is 0 Å². The van der Waals surface area contributed by atoms with Crippen molar-refractivity contribution >= 4 is 16.0 Å². The first kappa shape index (κ1) is 16.2. The lowest BCUT2D eigenvalue weighted by Gasteiger charge is -2.12. The summed E-state index contributed by atoms with van der Waals surface area (Å²) in [6.07, 6.45) is -6.53. The van der Waals surface area contributed by atoms with E-state index in [9.17, 15) is 26.4 Å². The number of alkyl halides is 3. The monoisotopic (exact) mass is 277 g/mol. The van der Waals surface area contributed by atoms with Crippen LogP contribution in [0.25, 0.3) is 0 Å². The van der Waals surface area contributed by atoms with Gasteiger partial charge in [-0.15, -0.1) is 0 Å². The molecule has 2 N–H and O–H groups in total. The standard InChI is InChI=1S/C8H14F3NO4S/c1-6(5-7(13)14)12-17(15,16)4-2-3-8(9,10)11/h6,12H,2-5H2,1H3,(H,13,14). The van der Waals surface area contributed by atoms with Crippen LogP contribution in [0.15, 0.2) is 0 Å². The van der Waals surface area contributed by atoms with Crippen molar-refractivity contribution in [2.24, 2.45) is 0 Å². The van der Waals surface area contributed by atoms with Gasteiger partial charge in [0.05, 0.1) is 12.2 Å². The van der Waals surface area contributed by atoms with Gasteiger partial charge in [-0.2, -0.15) is 13.2 Å². The van der Waals surface area contributed by atoms with Crippen LogP contribution >= 0.6 is 0 Å². The van der Waals surface area contributed by atoms with Crippen LogP contribution in [0.1, 0.15) is 26.2 Å². The molecule has 0 fully saturated rings. The highest BCUT2D eigenvalue weighted by Crippen LogP contribution is 2.21. The van der Waals surface area contributed by atoms with E-state index in [4.69, 9.17) is 5.11 Å². The van der Waals surface area contributed by atoms with Crippen molar-refractivity contribution in [3.05, 3.63) is 0 Å². The van der Waals surface area contributed by atoms with Gasteiger partial charge in [-0.3, -0.25) is 4.79 Å². The quantitative estimate of drug-likeness (QED) is 0.730. The van der Waals surface area contributed by atoms with E-state index in [2.05, 4.69) is 0 Å². The summed E-state index contributed by atoms with van der Waals surface area (Å²) in [5.74, 6) is -1.85. The summed E-state index contributed by atoms with van der Waals surface area (Å²) >= 11 is 0. The van der Waals surface area contributed by atoms with Crippen LogP contribution in [0.5, 0.6) is 0 Å². The Morgan fingerprint density at radius 3 is 2.35 bits per heavy atom. The van der Waals surface area contributed by atoms with Gasteiger partial charge in [0.15, 0.2) is 0 Å². The molecule has 0 saturated heterocycles. The lowest BCUT2D eigenvalue weighted by atomic mass is 10.3. The predicted molar refractivity (Wildman–Crippen MR) is 53.9 cm³/mol. The van der Waals surface area contributed by atoms with Gasteiger partial charge in [-0.05, 0) is 13.3 Å². The Morgan fingerprint density at radius 2 is 1.94 bits per heavy atom. The molecular weight excluding hydrogens is 263 g/mol. The van der Waals surface area contributed by atoms with Gasteiger partial charge in [-0.25, -0.2) is 13.1 Å². The van der Waals surface area contributed by atoms with Gasteiger partial charge in [-0.1, -0.05) is 0 Å². The molecule has 0 saturated carbocycles. The van der Waals surface area contributed by atoms with Crippen LogP contribution in [-0.2, 0) is 14.8 Å². The Morgan fingerprint density at radius 1 is 1.41 bits per heavy atom. The molecule has 1 atom stereocenters. The molecule has 0 radical (unpaired) electrons. The molecule has 0 amide bonds.